The van der Waals surface area contributed by atoms with Gasteiger partial charge in [-0.25, -0.2) is 23.1 Å². The Morgan fingerprint density at radius 3 is 2.38 bits per heavy atom. The second-order valence-corrected chi connectivity index (χ2v) is 7.57. The molecule has 8 heteroatoms. The predicted molar refractivity (Wildman–Crippen MR) is 94.6 cm³/mol. The van der Waals surface area contributed by atoms with Crippen LogP contribution in [0, 0.1) is 0 Å². The van der Waals surface area contributed by atoms with Crippen molar-refractivity contribution in [1.29, 1.82) is 0 Å². The number of aromatic nitrogens is 2. The van der Waals surface area contributed by atoms with Crippen molar-refractivity contribution in [3.8, 4) is 0 Å². The highest BCUT2D eigenvalue weighted by Gasteiger charge is 2.21. The van der Waals surface area contributed by atoms with Gasteiger partial charge in [-0.05, 0) is 18.2 Å². The van der Waals surface area contributed by atoms with Crippen LogP contribution in [0.4, 0.5) is 11.6 Å². The third-order valence-electron chi connectivity index (χ3n) is 3.94. The molecule has 0 radical (unpaired) electrons. The summed E-state index contributed by atoms with van der Waals surface area (Å²) in [5.74, 6) is 1.83. The molecule has 1 saturated heterocycles. The molecule has 1 aliphatic rings. The van der Waals surface area contributed by atoms with Crippen molar-refractivity contribution < 1.29 is 8.42 Å². The Hall–Kier alpha value is -2.19. The Labute approximate surface area is 142 Å². The monoisotopic (exact) mass is 347 g/mol. The normalized spacial score (nSPS) is 15.5. The van der Waals surface area contributed by atoms with Gasteiger partial charge in [-0.15, -0.1) is 0 Å². The maximum Gasteiger partial charge on any atom is 0.209 e. The lowest BCUT2D eigenvalue weighted by Gasteiger charge is -2.36. The number of nitrogens with zero attached hydrogens (tertiary/aromatic N) is 4. The highest BCUT2D eigenvalue weighted by Crippen LogP contribution is 2.20. The molecular weight excluding hydrogens is 326 g/mol. The molecule has 3 heterocycles. The molecule has 7 nitrogen and oxygen atoms in total. The van der Waals surface area contributed by atoms with E-state index in [9.17, 15) is 8.42 Å². The van der Waals surface area contributed by atoms with E-state index in [1.54, 1.807) is 12.4 Å². The molecule has 0 atom stereocenters. The fourth-order valence-electron chi connectivity index (χ4n) is 2.75. The Morgan fingerprint density at radius 2 is 1.71 bits per heavy atom. The van der Waals surface area contributed by atoms with Gasteiger partial charge < -0.3 is 9.80 Å². The smallest absolute Gasteiger partial charge is 0.209 e. The number of hydrogen-bond donors (Lipinski definition) is 1. The highest BCUT2D eigenvalue weighted by molar-refractivity contribution is 7.88. The van der Waals surface area contributed by atoms with Crippen LogP contribution < -0.4 is 14.5 Å². The Bertz CT molecular complexity index is 774. The van der Waals surface area contributed by atoms with Crippen molar-refractivity contribution in [2.45, 2.75) is 6.54 Å². The largest absolute Gasteiger partial charge is 0.353 e. The number of piperazine rings is 1. The first-order valence-corrected chi connectivity index (χ1v) is 9.71. The lowest BCUT2D eigenvalue weighted by molar-refractivity contribution is 0.587. The van der Waals surface area contributed by atoms with Crippen LogP contribution in [0.1, 0.15) is 5.56 Å². The molecule has 2 aromatic rings. The third kappa shape index (κ3) is 4.21. The van der Waals surface area contributed by atoms with E-state index in [0.717, 1.165) is 49.6 Å². The second kappa shape index (κ2) is 7.14. The van der Waals surface area contributed by atoms with E-state index in [0.29, 0.717) is 0 Å². The molecule has 1 aliphatic heterocycles. The van der Waals surface area contributed by atoms with E-state index >= 15 is 0 Å². The van der Waals surface area contributed by atoms with Crippen molar-refractivity contribution in [3.05, 3.63) is 48.3 Å². The number of pyridine rings is 2. The number of rotatable bonds is 5. The lowest BCUT2D eigenvalue weighted by atomic mass is 10.2. The molecule has 0 spiro atoms. The first kappa shape index (κ1) is 16.7. The average molecular weight is 347 g/mol. The third-order valence-corrected chi connectivity index (χ3v) is 4.61. The quantitative estimate of drug-likeness (QED) is 0.864. The van der Waals surface area contributed by atoms with E-state index in [-0.39, 0.29) is 6.54 Å². The van der Waals surface area contributed by atoms with E-state index in [1.165, 1.54) is 0 Å². The minimum Gasteiger partial charge on any atom is -0.353 e. The molecule has 128 valence electrons. The van der Waals surface area contributed by atoms with Gasteiger partial charge in [0.05, 0.1) is 6.26 Å². The molecule has 24 heavy (non-hydrogen) atoms. The van der Waals surface area contributed by atoms with Crippen molar-refractivity contribution >= 4 is 21.7 Å². The maximum atomic E-state index is 11.3. The van der Waals surface area contributed by atoms with Gasteiger partial charge in [0, 0.05) is 50.7 Å². The first-order valence-electron chi connectivity index (χ1n) is 7.82. The topological polar surface area (TPSA) is 78.4 Å². The van der Waals surface area contributed by atoms with Gasteiger partial charge in [0.2, 0.25) is 10.0 Å². The SMILES string of the molecule is CS(=O)(=O)NCc1cccnc1N1CCN(c2ccccn2)CC1. The molecule has 0 bridgehead atoms. The van der Waals surface area contributed by atoms with Gasteiger partial charge in [-0.2, -0.15) is 0 Å². The number of sulfonamides is 1. The van der Waals surface area contributed by atoms with Gasteiger partial charge in [-0.1, -0.05) is 12.1 Å². The summed E-state index contributed by atoms with van der Waals surface area (Å²) in [5, 5.41) is 0. The average Bonchev–Trinajstić information content (AvgIpc) is 2.61. The number of anilines is 2. The number of hydrogen-bond acceptors (Lipinski definition) is 6. The zero-order valence-electron chi connectivity index (χ0n) is 13.6. The fourth-order valence-corrected chi connectivity index (χ4v) is 3.17. The Morgan fingerprint density at radius 1 is 1.00 bits per heavy atom. The molecule has 3 rings (SSSR count). The lowest BCUT2D eigenvalue weighted by Crippen LogP contribution is -2.47. The molecular formula is C16H21N5O2S. The molecule has 0 saturated carbocycles. The van der Waals surface area contributed by atoms with Gasteiger partial charge in [0.25, 0.3) is 0 Å². The molecule has 1 fully saturated rings. The zero-order valence-corrected chi connectivity index (χ0v) is 14.4. The van der Waals surface area contributed by atoms with Crippen molar-refractivity contribution in [1.82, 2.24) is 14.7 Å². The standard InChI is InChI=1S/C16H21N5O2S/c1-24(22,23)19-13-14-5-4-8-18-16(14)21-11-9-20(10-12-21)15-6-2-3-7-17-15/h2-8,19H,9-13H2,1H3. The van der Waals surface area contributed by atoms with Crippen LogP contribution in [-0.4, -0.2) is 50.8 Å². The van der Waals surface area contributed by atoms with Crippen LogP contribution in [0.15, 0.2) is 42.7 Å². The van der Waals surface area contributed by atoms with E-state index < -0.39 is 10.0 Å². The van der Waals surface area contributed by atoms with Gasteiger partial charge >= 0.3 is 0 Å². The summed E-state index contributed by atoms with van der Waals surface area (Å²) in [6.07, 6.45) is 4.70. The molecule has 2 aromatic heterocycles. The van der Waals surface area contributed by atoms with Crippen LogP contribution in [0.3, 0.4) is 0 Å². The summed E-state index contributed by atoms with van der Waals surface area (Å²) in [4.78, 5) is 13.3. The minimum absolute atomic E-state index is 0.252. The second-order valence-electron chi connectivity index (χ2n) is 5.74. The summed E-state index contributed by atoms with van der Waals surface area (Å²) in [5.41, 5.74) is 0.884. The molecule has 1 N–H and O–H groups in total. The summed E-state index contributed by atoms with van der Waals surface area (Å²) in [7, 11) is -3.23. The number of nitrogens with one attached hydrogen (secondary N) is 1. The van der Waals surface area contributed by atoms with Gasteiger partial charge in [0.15, 0.2) is 0 Å². The Balaban J connectivity index is 1.68. The summed E-state index contributed by atoms with van der Waals surface area (Å²) in [6.45, 7) is 3.60. The zero-order chi connectivity index (χ0) is 17.0. The fraction of sp³-hybridized carbons (Fsp3) is 0.375. The van der Waals surface area contributed by atoms with Crippen molar-refractivity contribution in [2.24, 2.45) is 0 Å². The molecule has 0 amide bonds. The maximum absolute atomic E-state index is 11.3. The molecule has 0 unspecified atom stereocenters. The van der Waals surface area contributed by atoms with Crippen LogP contribution in [0.5, 0.6) is 0 Å². The molecule has 0 aromatic carbocycles. The predicted octanol–water partition coefficient (Wildman–Crippen LogP) is 0.852. The van der Waals surface area contributed by atoms with Gasteiger partial charge in [0.1, 0.15) is 11.6 Å². The minimum atomic E-state index is -3.23. The Kier molecular flexibility index (Phi) is 4.96. The van der Waals surface area contributed by atoms with E-state index in [4.69, 9.17) is 0 Å². The van der Waals surface area contributed by atoms with Crippen LogP contribution in [0.25, 0.3) is 0 Å². The summed E-state index contributed by atoms with van der Waals surface area (Å²) in [6, 6.07) is 9.65. The van der Waals surface area contributed by atoms with Gasteiger partial charge in [-0.3, -0.25) is 0 Å². The van der Waals surface area contributed by atoms with E-state index in [2.05, 4.69) is 24.5 Å². The molecule has 0 aliphatic carbocycles. The summed E-state index contributed by atoms with van der Waals surface area (Å²) < 4.78 is 25.2. The van der Waals surface area contributed by atoms with Crippen molar-refractivity contribution in [3.63, 3.8) is 0 Å². The summed E-state index contributed by atoms with van der Waals surface area (Å²) >= 11 is 0. The van der Waals surface area contributed by atoms with Crippen LogP contribution in [-0.2, 0) is 16.6 Å². The van der Waals surface area contributed by atoms with Crippen molar-refractivity contribution in [2.75, 3.05) is 42.2 Å². The van der Waals surface area contributed by atoms with E-state index in [1.807, 2.05) is 30.3 Å². The van der Waals surface area contributed by atoms with Crippen LogP contribution >= 0.6 is 0 Å². The first-order chi connectivity index (χ1) is 11.5. The highest BCUT2D eigenvalue weighted by atomic mass is 32.2. The van der Waals surface area contributed by atoms with Crippen LogP contribution in [0.2, 0.25) is 0 Å².